The fourth-order valence-corrected chi connectivity index (χ4v) is 2.61. The van der Waals surface area contributed by atoms with Crippen LogP contribution in [0, 0.1) is 24.0 Å². The van der Waals surface area contributed by atoms with Crippen molar-refractivity contribution in [3.63, 3.8) is 0 Å². The number of nitrogens with one attached hydrogen (secondary N) is 1. The molecule has 2 aromatic rings. The predicted octanol–water partition coefficient (Wildman–Crippen LogP) is 3.32. The van der Waals surface area contributed by atoms with Crippen molar-refractivity contribution < 1.29 is 4.92 Å². The van der Waals surface area contributed by atoms with E-state index in [2.05, 4.69) is 10.3 Å². The van der Waals surface area contributed by atoms with Crippen LogP contribution in [0.2, 0.25) is 0 Å². The maximum absolute atomic E-state index is 10.8. The van der Waals surface area contributed by atoms with Gasteiger partial charge in [-0.2, -0.15) is 0 Å². The number of aromatic nitrogens is 1. The Balaban J connectivity index is 2.00. The van der Waals surface area contributed by atoms with E-state index >= 15 is 0 Å². The van der Waals surface area contributed by atoms with Gasteiger partial charge in [-0.25, -0.2) is 4.98 Å². The first-order valence-corrected chi connectivity index (χ1v) is 6.85. The van der Waals surface area contributed by atoms with Gasteiger partial charge in [-0.3, -0.25) is 10.1 Å². The first kappa shape index (κ1) is 13.5. The molecule has 1 N–H and O–H groups in total. The number of anilines is 1. The number of rotatable bonds is 5. The van der Waals surface area contributed by atoms with Gasteiger partial charge in [0.15, 0.2) is 0 Å². The molecule has 0 amide bonds. The summed E-state index contributed by atoms with van der Waals surface area (Å²) in [5.41, 5.74) is 2.66. The number of hydrogen-bond acceptors (Lipinski definition) is 5. The first-order chi connectivity index (χ1) is 9.08. The third-order valence-corrected chi connectivity index (χ3v) is 3.85. The Labute approximate surface area is 115 Å². The average molecular weight is 277 g/mol. The van der Waals surface area contributed by atoms with Crippen molar-refractivity contribution in [1.82, 2.24) is 4.98 Å². The van der Waals surface area contributed by atoms with Gasteiger partial charge in [0.2, 0.25) is 0 Å². The summed E-state index contributed by atoms with van der Waals surface area (Å²) < 4.78 is 0. The lowest BCUT2D eigenvalue weighted by molar-refractivity contribution is -0.385. The smallest absolute Gasteiger partial charge is 0.274 e. The molecule has 0 unspecified atom stereocenters. The molecule has 0 saturated carbocycles. The molecule has 0 spiro atoms. The maximum atomic E-state index is 10.8. The molecule has 0 bridgehead atoms. The minimum Gasteiger partial charge on any atom is -0.384 e. The number of hydrogen-bond donors (Lipinski definition) is 1. The van der Waals surface area contributed by atoms with Crippen molar-refractivity contribution in [3.8, 4) is 0 Å². The van der Waals surface area contributed by atoms with Gasteiger partial charge in [-0.15, -0.1) is 11.3 Å². The van der Waals surface area contributed by atoms with E-state index in [0.717, 1.165) is 29.4 Å². The maximum Gasteiger partial charge on any atom is 0.274 e. The Bertz CT molecular complexity index is 595. The first-order valence-electron chi connectivity index (χ1n) is 5.97. The molecule has 0 radical (unpaired) electrons. The molecule has 0 atom stereocenters. The van der Waals surface area contributed by atoms with Gasteiger partial charge in [0.05, 0.1) is 9.93 Å². The number of thiazole rings is 1. The number of nitro benzene ring substituents is 1. The van der Waals surface area contributed by atoms with Crippen LogP contribution in [-0.4, -0.2) is 16.5 Å². The van der Waals surface area contributed by atoms with Crippen LogP contribution in [0.25, 0.3) is 0 Å². The molecule has 2 rings (SSSR count). The normalized spacial score (nSPS) is 10.4. The van der Waals surface area contributed by atoms with Gasteiger partial charge in [0, 0.05) is 41.4 Å². The summed E-state index contributed by atoms with van der Waals surface area (Å²) in [5.74, 6) is 0. The van der Waals surface area contributed by atoms with E-state index in [1.54, 1.807) is 24.3 Å². The van der Waals surface area contributed by atoms with Crippen molar-refractivity contribution in [3.05, 3.63) is 50.0 Å². The molecule has 19 heavy (non-hydrogen) atoms. The van der Waals surface area contributed by atoms with E-state index in [4.69, 9.17) is 0 Å². The zero-order valence-electron chi connectivity index (χ0n) is 10.8. The fraction of sp³-hybridized carbons (Fsp3) is 0.308. The lowest BCUT2D eigenvalue weighted by Crippen LogP contribution is -2.06. The molecule has 0 aliphatic carbocycles. The van der Waals surface area contributed by atoms with Crippen LogP contribution in [0.4, 0.5) is 11.4 Å². The number of nitro groups is 1. The fourth-order valence-electron chi connectivity index (χ4n) is 1.83. The van der Waals surface area contributed by atoms with Gasteiger partial charge < -0.3 is 5.32 Å². The van der Waals surface area contributed by atoms with E-state index in [1.807, 2.05) is 18.4 Å². The Hall–Kier alpha value is -1.95. The molecule has 1 aromatic carbocycles. The van der Waals surface area contributed by atoms with Gasteiger partial charge in [-0.1, -0.05) is 6.07 Å². The number of nitrogens with zero attached hydrogens (tertiary/aromatic N) is 2. The van der Waals surface area contributed by atoms with Crippen molar-refractivity contribution in [1.29, 1.82) is 0 Å². The van der Waals surface area contributed by atoms with Gasteiger partial charge in [0.25, 0.3) is 5.69 Å². The van der Waals surface area contributed by atoms with Crippen LogP contribution in [0.3, 0.4) is 0 Å². The number of benzene rings is 1. The van der Waals surface area contributed by atoms with E-state index in [0.29, 0.717) is 5.56 Å². The minimum atomic E-state index is -0.356. The largest absolute Gasteiger partial charge is 0.384 e. The Morgan fingerprint density at radius 1 is 1.42 bits per heavy atom. The molecule has 0 aliphatic heterocycles. The summed E-state index contributed by atoms with van der Waals surface area (Å²) in [5, 5.41) is 17.2. The Morgan fingerprint density at radius 3 is 2.84 bits per heavy atom. The molecule has 0 fully saturated rings. The summed E-state index contributed by atoms with van der Waals surface area (Å²) in [7, 11) is 0. The second-order valence-corrected chi connectivity index (χ2v) is 5.21. The predicted molar refractivity (Wildman–Crippen MR) is 76.9 cm³/mol. The lowest BCUT2D eigenvalue weighted by Gasteiger charge is -2.08. The van der Waals surface area contributed by atoms with E-state index in [9.17, 15) is 10.1 Å². The standard InChI is InChI=1S/C13H15N3O2S/c1-9-8-19-13(15-9)6-7-14-11-4-3-5-12(10(11)2)16(17)18/h3-5,8,14H,6-7H2,1-2H3. The van der Waals surface area contributed by atoms with Gasteiger partial charge >= 0.3 is 0 Å². The minimum absolute atomic E-state index is 0.148. The highest BCUT2D eigenvalue weighted by atomic mass is 32.1. The monoisotopic (exact) mass is 277 g/mol. The van der Waals surface area contributed by atoms with Gasteiger partial charge in [0.1, 0.15) is 0 Å². The third-order valence-electron chi connectivity index (χ3n) is 2.82. The van der Waals surface area contributed by atoms with Crippen molar-refractivity contribution in [2.75, 3.05) is 11.9 Å². The molecule has 0 aliphatic rings. The summed E-state index contributed by atoms with van der Waals surface area (Å²) >= 11 is 1.64. The number of aryl methyl sites for hydroxylation is 1. The highest BCUT2D eigenvalue weighted by Gasteiger charge is 2.12. The lowest BCUT2D eigenvalue weighted by atomic mass is 10.1. The van der Waals surface area contributed by atoms with Crippen molar-refractivity contribution in [2.24, 2.45) is 0 Å². The zero-order valence-corrected chi connectivity index (χ0v) is 11.7. The van der Waals surface area contributed by atoms with E-state index in [-0.39, 0.29) is 10.6 Å². The molecule has 5 nitrogen and oxygen atoms in total. The topological polar surface area (TPSA) is 68.1 Å². The molecular weight excluding hydrogens is 262 g/mol. The molecule has 0 saturated heterocycles. The summed E-state index contributed by atoms with van der Waals surface area (Å²) in [6, 6.07) is 5.07. The second kappa shape index (κ2) is 5.79. The quantitative estimate of drug-likeness (QED) is 0.672. The van der Waals surface area contributed by atoms with E-state index in [1.165, 1.54) is 6.07 Å². The Morgan fingerprint density at radius 2 is 2.21 bits per heavy atom. The highest BCUT2D eigenvalue weighted by Crippen LogP contribution is 2.24. The van der Waals surface area contributed by atoms with Crippen LogP contribution in [0.1, 0.15) is 16.3 Å². The zero-order chi connectivity index (χ0) is 13.8. The summed E-state index contributed by atoms with van der Waals surface area (Å²) in [4.78, 5) is 14.9. The second-order valence-electron chi connectivity index (χ2n) is 4.27. The van der Waals surface area contributed by atoms with Crippen LogP contribution < -0.4 is 5.32 Å². The van der Waals surface area contributed by atoms with Crippen molar-refractivity contribution in [2.45, 2.75) is 20.3 Å². The molecule has 1 aromatic heterocycles. The van der Waals surface area contributed by atoms with Crippen LogP contribution in [0.5, 0.6) is 0 Å². The molecular formula is C13H15N3O2S. The van der Waals surface area contributed by atoms with Crippen molar-refractivity contribution >= 4 is 22.7 Å². The molecule has 100 valence electrons. The third kappa shape index (κ3) is 3.29. The molecule has 6 heteroatoms. The summed E-state index contributed by atoms with van der Waals surface area (Å²) in [6.45, 7) is 4.45. The SMILES string of the molecule is Cc1csc(CCNc2cccc([N+](=O)[O-])c2C)n1. The Kier molecular flexibility index (Phi) is 4.11. The average Bonchev–Trinajstić information content (AvgIpc) is 2.77. The van der Waals surface area contributed by atoms with Gasteiger partial charge in [-0.05, 0) is 19.9 Å². The van der Waals surface area contributed by atoms with Crippen LogP contribution in [0.15, 0.2) is 23.6 Å². The van der Waals surface area contributed by atoms with Crippen LogP contribution in [-0.2, 0) is 6.42 Å². The summed E-state index contributed by atoms with van der Waals surface area (Å²) in [6.07, 6.45) is 0.820. The highest BCUT2D eigenvalue weighted by molar-refractivity contribution is 7.09. The van der Waals surface area contributed by atoms with Crippen LogP contribution >= 0.6 is 11.3 Å². The van der Waals surface area contributed by atoms with E-state index < -0.39 is 0 Å². The molecule has 1 heterocycles.